The summed E-state index contributed by atoms with van der Waals surface area (Å²) in [5.41, 5.74) is -2.54. The van der Waals surface area contributed by atoms with E-state index in [2.05, 4.69) is 0 Å². The first-order valence-electron chi connectivity index (χ1n) is 12.4. The van der Waals surface area contributed by atoms with Crippen LogP contribution in [0.25, 0.3) is 0 Å². The van der Waals surface area contributed by atoms with Crippen molar-refractivity contribution >= 4 is 37.9 Å². The smallest absolute Gasteiger partial charge is 0.376 e. The van der Waals surface area contributed by atoms with Gasteiger partial charge in [-0.25, -0.2) is 0 Å². The molecule has 36 heavy (non-hydrogen) atoms. The standard InChI is InChI=1S/C12H23BN2O4.C10H18BNO5/c1-5-19-11(17)12(10(16)14(3)4)6-8-15(9-7-12)13(2)18;1-3-17-9(15)10(8(13)14)4-6-12(7-5-10)11(2)16/h18H,5-9H2,1-4H3;16H,3-7H2,1-2H3,(H,13,14). The summed E-state index contributed by atoms with van der Waals surface area (Å²) in [5, 5.41) is 28.2. The van der Waals surface area contributed by atoms with Gasteiger partial charge in [-0.2, -0.15) is 0 Å². The maximum absolute atomic E-state index is 12.4. The molecule has 2 rings (SSSR count). The topological polar surface area (TPSA) is 157 Å². The Labute approximate surface area is 214 Å². The van der Waals surface area contributed by atoms with Gasteiger partial charge < -0.3 is 39.2 Å². The van der Waals surface area contributed by atoms with Crippen LogP contribution in [-0.2, 0) is 28.7 Å². The molecule has 0 aromatic rings. The van der Waals surface area contributed by atoms with Gasteiger partial charge in [0.25, 0.3) is 0 Å². The van der Waals surface area contributed by atoms with E-state index in [0.29, 0.717) is 39.0 Å². The van der Waals surface area contributed by atoms with Crippen molar-refractivity contribution in [1.82, 2.24) is 14.5 Å². The van der Waals surface area contributed by atoms with Gasteiger partial charge in [0.2, 0.25) is 5.91 Å². The maximum Gasteiger partial charge on any atom is 0.376 e. The molecule has 204 valence electrons. The highest BCUT2D eigenvalue weighted by Gasteiger charge is 2.51. The summed E-state index contributed by atoms with van der Waals surface area (Å²) in [5.74, 6) is -2.46. The van der Waals surface area contributed by atoms with Crippen molar-refractivity contribution in [2.24, 2.45) is 10.8 Å². The number of carboxylic acids is 1. The van der Waals surface area contributed by atoms with E-state index in [1.807, 2.05) is 4.81 Å². The van der Waals surface area contributed by atoms with E-state index in [4.69, 9.17) is 9.47 Å². The van der Waals surface area contributed by atoms with Crippen LogP contribution in [0.5, 0.6) is 0 Å². The Kier molecular flexibility index (Phi) is 12.4. The molecule has 2 saturated heterocycles. The summed E-state index contributed by atoms with van der Waals surface area (Å²) in [4.78, 5) is 52.6. The van der Waals surface area contributed by atoms with Gasteiger partial charge in [0, 0.05) is 14.1 Å². The van der Waals surface area contributed by atoms with Crippen LogP contribution in [0.2, 0.25) is 13.6 Å². The quantitative estimate of drug-likeness (QED) is 0.222. The average Bonchev–Trinajstić information content (AvgIpc) is 2.83. The predicted octanol–water partition coefficient (Wildman–Crippen LogP) is -0.343. The van der Waals surface area contributed by atoms with Crippen molar-refractivity contribution in [3.8, 4) is 0 Å². The lowest BCUT2D eigenvalue weighted by atomic mass is 9.73. The van der Waals surface area contributed by atoms with Gasteiger partial charge in [-0.15, -0.1) is 0 Å². The number of esters is 2. The van der Waals surface area contributed by atoms with Crippen LogP contribution in [0.1, 0.15) is 39.5 Å². The van der Waals surface area contributed by atoms with E-state index in [-0.39, 0.29) is 32.0 Å². The molecule has 2 aliphatic rings. The average molecular weight is 513 g/mol. The summed E-state index contributed by atoms with van der Waals surface area (Å²) in [6, 6.07) is 0. The number of hydrogen-bond acceptors (Lipinski definition) is 10. The Bertz CT molecular complexity index is 764. The summed E-state index contributed by atoms with van der Waals surface area (Å²) in [6.07, 6.45) is 1.11. The van der Waals surface area contributed by atoms with Crippen LogP contribution >= 0.6 is 0 Å². The van der Waals surface area contributed by atoms with Crippen molar-refractivity contribution in [2.45, 2.75) is 53.2 Å². The molecule has 0 bridgehead atoms. The van der Waals surface area contributed by atoms with E-state index in [1.165, 1.54) is 4.90 Å². The van der Waals surface area contributed by atoms with Crippen LogP contribution < -0.4 is 0 Å². The molecule has 0 saturated carbocycles. The van der Waals surface area contributed by atoms with Crippen molar-refractivity contribution < 1.29 is 43.8 Å². The normalized spacial score (nSPS) is 19.2. The summed E-state index contributed by atoms with van der Waals surface area (Å²) in [6.45, 7) is 8.91. The first-order chi connectivity index (χ1) is 16.8. The minimum atomic E-state index is -1.44. The number of piperidine rings is 2. The number of rotatable bonds is 8. The van der Waals surface area contributed by atoms with Crippen molar-refractivity contribution in [3.05, 3.63) is 0 Å². The van der Waals surface area contributed by atoms with E-state index in [1.54, 1.807) is 46.4 Å². The Hall–Kier alpha value is -2.15. The number of amides is 1. The van der Waals surface area contributed by atoms with Crippen molar-refractivity contribution in [2.75, 3.05) is 53.5 Å². The number of carbonyl (C=O) groups is 4. The van der Waals surface area contributed by atoms with Gasteiger partial charge >= 0.3 is 32.0 Å². The molecule has 0 aromatic heterocycles. The number of nitrogens with zero attached hydrogens (tertiary/aromatic N) is 3. The molecule has 3 N–H and O–H groups in total. The maximum atomic E-state index is 12.4. The van der Waals surface area contributed by atoms with E-state index >= 15 is 0 Å². The van der Waals surface area contributed by atoms with E-state index < -0.39 is 42.8 Å². The number of aliphatic carboxylic acids is 1. The minimum Gasteiger partial charge on any atom is -0.480 e. The summed E-state index contributed by atoms with van der Waals surface area (Å²) in [7, 11) is 2.10. The van der Waals surface area contributed by atoms with Crippen LogP contribution in [-0.4, -0.2) is 121 Å². The second-order valence-electron chi connectivity index (χ2n) is 9.45. The van der Waals surface area contributed by atoms with E-state index in [9.17, 15) is 34.3 Å². The van der Waals surface area contributed by atoms with Gasteiger partial charge in [-0.1, -0.05) is 0 Å². The Morgan fingerprint density at radius 1 is 0.778 bits per heavy atom. The molecule has 2 aliphatic heterocycles. The fourth-order valence-corrected chi connectivity index (χ4v) is 4.54. The zero-order valence-electron chi connectivity index (χ0n) is 22.4. The van der Waals surface area contributed by atoms with Gasteiger partial charge in [0.05, 0.1) is 13.2 Å². The zero-order valence-corrected chi connectivity index (χ0v) is 22.4. The Morgan fingerprint density at radius 2 is 1.11 bits per heavy atom. The molecule has 2 heterocycles. The fourth-order valence-electron chi connectivity index (χ4n) is 4.54. The third-order valence-corrected chi connectivity index (χ3v) is 6.92. The number of hydrogen-bond donors (Lipinski definition) is 3. The van der Waals surface area contributed by atoms with Crippen LogP contribution in [0.15, 0.2) is 0 Å². The van der Waals surface area contributed by atoms with Gasteiger partial charge in [0.15, 0.2) is 5.41 Å². The fraction of sp³-hybridized carbons (Fsp3) is 0.818. The van der Waals surface area contributed by atoms with E-state index in [0.717, 1.165) is 0 Å². The summed E-state index contributed by atoms with van der Waals surface area (Å²) >= 11 is 0. The molecular weight excluding hydrogens is 472 g/mol. The second kappa shape index (κ2) is 14.0. The number of ether oxygens (including phenoxy) is 2. The number of carboxylic acid groups (broad SMARTS) is 1. The highest BCUT2D eigenvalue weighted by molar-refractivity contribution is 6.45. The lowest BCUT2D eigenvalue weighted by Gasteiger charge is -2.40. The highest BCUT2D eigenvalue weighted by atomic mass is 16.5. The molecule has 0 atom stereocenters. The predicted molar refractivity (Wildman–Crippen MR) is 134 cm³/mol. The SMILES string of the molecule is CCOC(=O)C1(C(=O)N(C)C)CCN(B(C)O)CC1.CCOC(=O)C1(C(=O)O)CCN(B(C)O)CC1. The van der Waals surface area contributed by atoms with Gasteiger partial charge in [-0.05, 0) is 79.4 Å². The lowest BCUT2D eigenvalue weighted by molar-refractivity contribution is -0.172. The molecule has 0 unspecified atom stereocenters. The van der Waals surface area contributed by atoms with Crippen LogP contribution in [0.4, 0.5) is 0 Å². The first-order valence-corrected chi connectivity index (χ1v) is 12.4. The molecule has 0 spiro atoms. The lowest BCUT2D eigenvalue weighted by Crippen LogP contribution is -2.55. The molecule has 14 heteroatoms. The summed E-state index contributed by atoms with van der Waals surface area (Å²) < 4.78 is 9.93. The minimum absolute atomic E-state index is 0.173. The third-order valence-electron chi connectivity index (χ3n) is 6.92. The van der Waals surface area contributed by atoms with Crippen LogP contribution in [0, 0.1) is 10.8 Å². The molecule has 1 amide bonds. The Balaban J connectivity index is 0.000000362. The van der Waals surface area contributed by atoms with Crippen LogP contribution in [0.3, 0.4) is 0 Å². The second-order valence-corrected chi connectivity index (χ2v) is 9.45. The van der Waals surface area contributed by atoms with Gasteiger partial charge in [-0.3, -0.25) is 19.2 Å². The number of carbonyl (C=O) groups excluding carboxylic acids is 3. The van der Waals surface area contributed by atoms with Crippen molar-refractivity contribution in [1.29, 1.82) is 0 Å². The molecule has 12 nitrogen and oxygen atoms in total. The van der Waals surface area contributed by atoms with Gasteiger partial charge in [0.1, 0.15) is 5.41 Å². The Morgan fingerprint density at radius 3 is 1.39 bits per heavy atom. The van der Waals surface area contributed by atoms with Crippen molar-refractivity contribution in [3.63, 3.8) is 0 Å². The largest absolute Gasteiger partial charge is 0.480 e. The molecule has 0 aromatic carbocycles. The third kappa shape index (κ3) is 7.44. The molecule has 0 aliphatic carbocycles. The highest BCUT2D eigenvalue weighted by Crippen LogP contribution is 2.35. The zero-order chi connectivity index (χ0) is 27.7. The first kappa shape index (κ1) is 31.9. The molecule has 2 fully saturated rings. The monoisotopic (exact) mass is 513 g/mol. The molecule has 0 radical (unpaired) electrons. The molecular formula is C22H41B2N3O9.